The second kappa shape index (κ2) is 8.89. The quantitative estimate of drug-likeness (QED) is 0.299. The van der Waals surface area contributed by atoms with Crippen LogP contribution >= 0.6 is 0 Å². The summed E-state index contributed by atoms with van der Waals surface area (Å²) < 4.78 is 2.21. The normalized spacial score (nSPS) is 28.2. The van der Waals surface area contributed by atoms with Crippen molar-refractivity contribution in [2.45, 2.75) is 82.7 Å². The van der Waals surface area contributed by atoms with Crippen molar-refractivity contribution >= 4 is 22.7 Å². The molecular weight excluding hydrogens is 402 g/mol. The molecule has 6 heteroatoms. The van der Waals surface area contributed by atoms with Crippen LogP contribution in [0.2, 0.25) is 0 Å². The first-order valence-electron chi connectivity index (χ1n) is 12.4. The van der Waals surface area contributed by atoms with Crippen molar-refractivity contribution in [2.75, 3.05) is 0 Å². The highest BCUT2D eigenvalue weighted by atomic mass is 16.5. The molecule has 1 heterocycles. The van der Waals surface area contributed by atoms with Gasteiger partial charge in [-0.2, -0.15) is 0 Å². The Bertz CT molecular complexity index is 960. The summed E-state index contributed by atoms with van der Waals surface area (Å²) in [7, 11) is 0. The number of fused-ring (bicyclic) bond motifs is 1. The average molecular weight is 438 g/mol. The highest BCUT2D eigenvalue weighted by molar-refractivity contribution is 6.07. The third-order valence-electron chi connectivity index (χ3n) is 8.13. The van der Waals surface area contributed by atoms with Gasteiger partial charge in [0.05, 0.1) is 5.56 Å². The number of nitrogens with zero attached hydrogens (tertiary/aromatic N) is 1. The van der Waals surface area contributed by atoms with Gasteiger partial charge in [-0.05, 0) is 75.2 Å². The maximum atomic E-state index is 13.5. The van der Waals surface area contributed by atoms with Crippen LogP contribution in [0.4, 0.5) is 0 Å². The Morgan fingerprint density at radius 1 is 0.969 bits per heavy atom. The number of amides is 2. The lowest BCUT2D eigenvalue weighted by Crippen LogP contribution is -2.59. The summed E-state index contributed by atoms with van der Waals surface area (Å²) in [5.41, 5.74) is 3.62. The molecule has 4 aliphatic carbocycles. The molecule has 4 bridgehead atoms. The highest BCUT2D eigenvalue weighted by Gasteiger charge is 2.51. The summed E-state index contributed by atoms with van der Waals surface area (Å²) in [4.78, 5) is 24.6. The van der Waals surface area contributed by atoms with Crippen LogP contribution in [0.15, 0.2) is 30.5 Å². The van der Waals surface area contributed by atoms with Crippen LogP contribution in [-0.4, -0.2) is 27.1 Å². The van der Waals surface area contributed by atoms with E-state index >= 15 is 0 Å². The Hall–Kier alpha value is -2.34. The van der Waals surface area contributed by atoms with Crippen LogP contribution in [0.1, 0.15) is 81.0 Å². The maximum absolute atomic E-state index is 13.5. The number of carbonyl (C=O) groups is 2. The smallest absolute Gasteiger partial charge is 0.253 e. The molecule has 3 N–H and O–H groups in total. The standard InChI is InChI=1S/C26H35N3O3/c30-24(28-32)9-3-1-2-6-10-29-17-22(21-7-4-5-8-23(21)29)25(31)27-26-14-18-11-19(15-26)13-20(12-18)16-26/h4-5,7-8,17-20,32H,1-3,6,9-16H2,(H,27,31)(H,28,30). The zero-order valence-corrected chi connectivity index (χ0v) is 18.8. The lowest BCUT2D eigenvalue weighted by atomic mass is 9.53. The molecular formula is C26H35N3O3. The fourth-order valence-corrected chi connectivity index (χ4v) is 7.16. The van der Waals surface area contributed by atoms with E-state index in [1.807, 2.05) is 18.3 Å². The van der Waals surface area contributed by atoms with Gasteiger partial charge in [-0.3, -0.25) is 14.8 Å². The van der Waals surface area contributed by atoms with Gasteiger partial charge in [0.2, 0.25) is 5.91 Å². The second-order valence-electron chi connectivity index (χ2n) is 10.6. The Morgan fingerprint density at radius 3 is 2.31 bits per heavy atom. The largest absolute Gasteiger partial charge is 0.347 e. The van der Waals surface area contributed by atoms with Crippen molar-refractivity contribution < 1.29 is 14.8 Å². The zero-order valence-electron chi connectivity index (χ0n) is 18.8. The summed E-state index contributed by atoms with van der Waals surface area (Å²) in [6.07, 6.45) is 13.8. The molecule has 32 heavy (non-hydrogen) atoms. The van der Waals surface area contributed by atoms with Crippen molar-refractivity contribution in [1.82, 2.24) is 15.4 Å². The molecule has 0 aliphatic heterocycles. The molecule has 4 aliphatic rings. The summed E-state index contributed by atoms with van der Waals surface area (Å²) >= 11 is 0. The predicted molar refractivity (Wildman–Crippen MR) is 123 cm³/mol. The Kier molecular flexibility index (Phi) is 5.97. The van der Waals surface area contributed by atoms with Crippen molar-refractivity contribution in [1.29, 1.82) is 0 Å². The van der Waals surface area contributed by atoms with Gasteiger partial charge < -0.3 is 9.88 Å². The zero-order chi connectivity index (χ0) is 22.1. The number of aromatic nitrogens is 1. The molecule has 2 amide bonds. The van der Waals surface area contributed by atoms with E-state index in [1.54, 1.807) is 5.48 Å². The van der Waals surface area contributed by atoms with Crippen molar-refractivity contribution in [3.8, 4) is 0 Å². The third-order valence-corrected chi connectivity index (χ3v) is 8.13. The molecule has 0 spiro atoms. The molecule has 1 aromatic heterocycles. The maximum Gasteiger partial charge on any atom is 0.253 e. The van der Waals surface area contributed by atoms with E-state index in [0.717, 1.165) is 66.4 Å². The summed E-state index contributed by atoms with van der Waals surface area (Å²) in [6, 6.07) is 8.21. The minimum atomic E-state index is -0.323. The average Bonchev–Trinajstić information content (AvgIpc) is 3.13. The lowest BCUT2D eigenvalue weighted by Gasteiger charge is -2.56. The van der Waals surface area contributed by atoms with E-state index in [1.165, 1.54) is 38.5 Å². The number of hydrogen-bond donors (Lipinski definition) is 3. The second-order valence-corrected chi connectivity index (χ2v) is 10.6. The first-order valence-corrected chi connectivity index (χ1v) is 12.4. The van der Waals surface area contributed by atoms with Gasteiger partial charge >= 0.3 is 0 Å². The molecule has 6 nitrogen and oxygen atoms in total. The molecule has 0 radical (unpaired) electrons. The van der Waals surface area contributed by atoms with E-state index in [9.17, 15) is 9.59 Å². The van der Waals surface area contributed by atoms with Crippen LogP contribution in [0.25, 0.3) is 10.9 Å². The van der Waals surface area contributed by atoms with Crippen molar-refractivity contribution in [2.24, 2.45) is 17.8 Å². The number of aryl methyl sites for hydroxylation is 1. The molecule has 0 saturated heterocycles. The molecule has 2 aromatic rings. The molecule has 6 rings (SSSR count). The summed E-state index contributed by atoms with van der Waals surface area (Å²) in [5.74, 6) is 2.21. The number of hydroxylamine groups is 1. The molecule has 4 fully saturated rings. The Labute approximate surface area is 189 Å². The van der Waals surface area contributed by atoms with Crippen LogP contribution < -0.4 is 10.8 Å². The highest BCUT2D eigenvalue weighted by Crippen LogP contribution is 2.55. The number of benzene rings is 1. The first kappa shape index (κ1) is 21.5. The first-order chi connectivity index (χ1) is 15.5. The predicted octanol–water partition coefficient (Wildman–Crippen LogP) is 4.80. The van der Waals surface area contributed by atoms with Gasteiger partial charge in [0.1, 0.15) is 0 Å². The molecule has 172 valence electrons. The number of carbonyl (C=O) groups excluding carboxylic acids is 2. The number of hydrogen-bond acceptors (Lipinski definition) is 3. The van der Waals surface area contributed by atoms with Gasteiger partial charge in [-0.15, -0.1) is 0 Å². The molecule has 1 aromatic carbocycles. The molecule has 0 unspecified atom stereocenters. The van der Waals surface area contributed by atoms with Gasteiger partial charge in [-0.25, -0.2) is 5.48 Å². The number of unbranched alkanes of at least 4 members (excludes halogenated alkanes) is 3. The summed E-state index contributed by atoms with van der Waals surface area (Å²) in [5, 5.41) is 13.1. The van der Waals surface area contributed by atoms with Crippen molar-refractivity contribution in [3.63, 3.8) is 0 Å². The monoisotopic (exact) mass is 437 g/mol. The van der Waals surface area contributed by atoms with Gasteiger partial charge in [-0.1, -0.05) is 31.0 Å². The van der Waals surface area contributed by atoms with Crippen molar-refractivity contribution in [3.05, 3.63) is 36.0 Å². The SMILES string of the molecule is O=C(CCCCCCn1cc(C(=O)NC23CC4CC(CC(C4)C2)C3)c2ccccc21)NO. The van der Waals surface area contributed by atoms with Gasteiger partial charge in [0, 0.05) is 35.6 Å². The van der Waals surface area contributed by atoms with Crippen LogP contribution in [0.5, 0.6) is 0 Å². The van der Waals surface area contributed by atoms with Gasteiger partial charge in [0.15, 0.2) is 0 Å². The third kappa shape index (κ3) is 4.29. The van der Waals surface area contributed by atoms with E-state index in [0.29, 0.717) is 6.42 Å². The van der Waals surface area contributed by atoms with Gasteiger partial charge in [0.25, 0.3) is 5.91 Å². The number of rotatable bonds is 9. The Morgan fingerprint density at radius 2 is 1.62 bits per heavy atom. The minimum absolute atomic E-state index is 0.0237. The van der Waals surface area contributed by atoms with E-state index in [4.69, 9.17) is 5.21 Å². The molecule has 0 atom stereocenters. The molecule has 4 saturated carbocycles. The Balaban J connectivity index is 1.24. The fraction of sp³-hybridized carbons (Fsp3) is 0.615. The van der Waals surface area contributed by atoms with E-state index < -0.39 is 0 Å². The number of nitrogens with one attached hydrogen (secondary N) is 2. The van der Waals surface area contributed by atoms with Crippen LogP contribution in [0.3, 0.4) is 0 Å². The van der Waals surface area contributed by atoms with E-state index in [-0.39, 0.29) is 17.4 Å². The lowest BCUT2D eigenvalue weighted by molar-refractivity contribution is -0.129. The van der Waals surface area contributed by atoms with Crippen LogP contribution in [0, 0.1) is 17.8 Å². The minimum Gasteiger partial charge on any atom is -0.347 e. The topological polar surface area (TPSA) is 83.4 Å². The number of para-hydroxylation sites is 1. The summed E-state index contributed by atoms with van der Waals surface area (Å²) in [6.45, 7) is 0.858. The van der Waals surface area contributed by atoms with E-state index in [2.05, 4.69) is 22.0 Å². The van der Waals surface area contributed by atoms with Crippen LogP contribution in [-0.2, 0) is 11.3 Å². The fourth-order valence-electron chi connectivity index (χ4n) is 7.16.